The van der Waals surface area contributed by atoms with Gasteiger partial charge in [-0.05, 0) is 6.42 Å². The summed E-state index contributed by atoms with van der Waals surface area (Å²) in [5, 5.41) is 0. The molecule has 0 aromatic heterocycles. The fourth-order valence-corrected chi connectivity index (χ4v) is 1.08. The first-order valence-corrected chi connectivity index (χ1v) is 4.55. The van der Waals surface area contributed by atoms with E-state index in [1.54, 1.807) is 0 Å². The van der Waals surface area contributed by atoms with E-state index in [2.05, 4.69) is 6.92 Å². The first-order valence-electron chi connectivity index (χ1n) is 2.99. The second kappa shape index (κ2) is 8.79. The molecular weight excluding hydrogens is 130 g/mol. The Labute approximate surface area is 69.1 Å². The molecule has 0 rings (SSSR count). The third-order valence-corrected chi connectivity index (χ3v) is 1.78. The van der Waals surface area contributed by atoms with Crippen molar-refractivity contribution >= 4 is 26.9 Å². The van der Waals surface area contributed by atoms with Gasteiger partial charge < -0.3 is 4.89 Å². The predicted molar refractivity (Wildman–Crippen MR) is 42.8 cm³/mol. The van der Waals surface area contributed by atoms with E-state index in [4.69, 9.17) is 4.89 Å². The van der Waals surface area contributed by atoms with Gasteiger partial charge in [0.15, 0.2) is 8.03 Å². The average Bonchev–Trinajstić information content (AvgIpc) is 1.66. The number of hydrogen-bond donors (Lipinski definition) is 1. The molecule has 0 saturated heterocycles. The molecule has 0 radical (unpaired) electrons. The Morgan fingerprint density at radius 1 is 1.44 bits per heavy atom. The van der Waals surface area contributed by atoms with E-state index >= 15 is 0 Å². The second-order valence-corrected chi connectivity index (χ2v) is 3.14. The summed E-state index contributed by atoms with van der Waals surface area (Å²) in [6, 6.07) is 0. The van der Waals surface area contributed by atoms with E-state index in [1.165, 1.54) is 0 Å². The van der Waals surface area contributed by atoms with Crippen LogP contribution in [-0.4, -0.2) is 29.9 Å². The summed E-state index contributed by atoms with van der Waals surface area (Å²) < 4.78 is 10.1. The fraction of sp³-hybridized carbons (Fsp3) is 1.00. The van der Waals surface area contributed by atoms with Gasteiger partial charge in [0.05, 0.1) is 0 Å². The molecular formula is C5H14LiO2P. The summed E-state index contributed by atoms with van der Waals surface area (Å²) in [5.74, 6) is 0. The van der Waals surface area contributed by atoms with Crippen LogP contribution in [0.2, 0.25) is 0 Å². The van der Waals surface area contributed by atoms with Crippen molar-refractivity contribution in [1.29, 1.82) is 0 Å². The molecule has 2 nitrogen and oxygen atoms in total. The zero-order chi connectivity index (χ0) is 6.41. The Morgan fingerprint density at radius 3 is 2.33 bits per heavy atom. The first-order chi connectivity index (χ1) is 3.77. The van der Waals surface area contributed by atoms with E-state index in [9.17, 15) is 4.57 Å². The Balaban J connectivity index is 0. The van der Waals surface area contributed by atoms with E-state index in [0.717, 1.165) is 19.3 Å². The van der Waals surface area contributed by atoms with Gasteiger partial charge in [0, 0.05) is 6.16 Å². The van der Waals surface area contributed by atoms with Gasteiger partial charge in [-0.15, -0.1) is 0 Å². The minimum absolute atomic E-state index is 0. The van der Waals surface area contributed by atoms with E-state index in [1.807, 2.05) is 0 Å². The summed E-state index contributed by atoms with van der Waals surface area (Å²) in [5.41, 5.74) is 0. The number of rotatable bonds is 4. The molecule has 0 aromatic carbocycles. The summed E-state index contributed by atoms with van der Waals surface area (Å²) in [6.45, 7) is 2.08. The van der Waals surface area contributed by atoms with Crippen LogP contribution < -0.4 is 0 Å². The van der Waals surface area contributed by atoms with Crippen LogP contribution in [0.5, 0.6) is 0 Å². The molecule has 0 spiro atoms. The third kappa shape index (κ3) is 12.1. The van der Waals surface area contributed by atoms with Crippen molar-refractivity contribution in [3.63, 3.8) is 0 Å². The van der Waals surface area contributed by atoms with Crippen LogP contribution in [0, 0.1) is 0 Å². The maximum absolute atomic E-state index is 10.1. The van der Waals surface area contributed by atoms with Crippen LogP contribution in [-0.2, 0) is 4.57 Å². The third-order valence-electron chi connectivity index (χ3n) is 0.994. The molecule has 0 aliphatic carbocycles. The van der Waals surface area contributed by atoms with Crippen LogP contribution in [0.25, 0.3) is 0 Å². The molecule has 1 atom stereocenters. The van der Waals surface area contributed by atoms with Gasteiger partial charge in [-0.3, -0.25) is 4.57 Å². The fourth-order valence-electron chi connectivity index (χ4n) is 0.526. The Bertz CT molecular complexity index is 77.4. The Morgan fingerprint density at radius 2 is 2.00 bits per heavy atom. The molecule has 0 heterocycles. The van der Waals surface area contributed by atoms with Crippen LogP contribution in [0.1, 0.15) is 26.2 Å². The SMILES string of the molecule is CCCCC[PH](=O)O.[LiH]. The molecule has 0 aromatic rings. The van der Waals surface area contributed by atoms with E-state index in [0.29, 0.717) is 6.16 Å². The second-order valence-electron chi connectivity index (χ2n) is 1.85. The van der Waals surface area contributed by atoms with Gasteiger partial charge in [-0.1, -0.05) is 19.8 Å². The normalized spacial score (nSPS) is 12.2. The van der Waals surface area contributed by atoms with Gasteiger partial charge in [0.2, 0.25) is 0 Å². The van der Waals surface area contributed by atoms with Crippen LogP contribution >= 0.6 is 8.03 Å². The molecule has 0 aliphatic heterocycles. The van der Waals surface area contributed by atoms with Crippen molar-refractivity contribution < 1.29 is 9.46 Å². The van der Waals surface area contributed by atoms with E-state index in [-0.39, 0.29) is 18.9 Å². The molecule has 52 valence electrons. The average molecular weight is 144 g/mol. The molecule has 4 heteroatoms. The maximum atomic E-state index is 10.1. The molecule has 1 N–H and O–H groups in total. The van der Waals surface area contributed by atoms with Gasteiger partial charge in [0.25, 0.3) is 0 Å². The van der Waals surface area contributed by atoms with Gasteiger partial charge in [-0.2, -0.15) is 0 Å². The quantitative estimate of drug-likeness (QED) is 0.363. The molecule has 0 amide bonds. The Hall–Kier alpha value is 0.787. The number of unbranched alkanes of at least 4 members (excludes halogenated alkanes) is 2. The minimum atomic E-state index is -2.16. The standard InChI is InChI=1S/C5H13O2P.Li.H/c1-2-3-4-5-8(6)7;;/h8H,2-5H2,1H3,(H,6,7);;. The molecule has 1 unspecified atom stereocenters. The van der Waals surface area contributed by atoms with Crippen LogP contribution in [0.4, 0.5) is 0 Å². The van der Waals surface area contributed by atoms with Crippen molar-refractivity contribution in [3.8, 4) is 0 Å². The van der Waals surface area contributed by atoms with Gasteiger partial charge in [0.1, 0.15) is 0 Å². The predicted octanol–water partition coefficient (Wildman–Crippen LogP) is 0.995. The van der Waals surface area contributed by atoms with Crippen molar-refractivity contribution in [1.82, 2.24) is 0 Å². The number of hydrogen-bond acceptors (Lipinski definition) is 1. The Kier molecular flexibility index (Phi) is 12.2. The topological polar surface area (TPSA) is 37.3 Å². The van der Waals surface area contributed by atoms with Crippen LogP contribution in [0.3, 0.4) is 0 Å². The van der Waals surface area contributed by atoms with Gasteiger partial charge >= 0.3 is 18.9 Å². The molecule has 0 bridgehead atoms. The first kappa shape index (κ1) is 12.5. The van der Waals surface area contributed by atoms with Crippen molar-refractivity contribution in [2.24, 2.45) is 0 Å². The van der Waals surface area contributed by atoms with Crippen LogP contribution in [0.15, 0.2) is 0 Å². The molecule has 0 fully saturated rings. The molecule has 0 aliphatic rings. The zero-order valence-corrected chi connectivity index (χ0v) is 6.18. The summed E-state index contributed by atoms with van der Waals surface area (Å²) in [4.78, 5) is 8.33. The van der Waals surface area contributed by atoms with E-state index < -0.39 is 8.03 Å². The zero-order valence-electron chi connectivity index (χ0n) is 5.18. The summed E-state index contributed by atoms with van der Waals surface area (Å²) >= 11 is 0. The van der Waals surface area contributed by atoms with Crippen molar-refractivity contribution in [3.05, 3.63) is 0 Å². The monoisotopic (exact) mass is 144 g/mol. The summed E-state index contributed by atoms with van der Waals surface area (Å²) in [7, 11) is -2.16. The van der Waals surface area contributed by atoms with Crippen molar-refractivity contribution in [2.45, 2.75) is 26.2 Å². The van der Waals surface area contributed by atoms with Gasteiger partial charge in [-0.25, -0.2) is 0 Å². The summed E-state index contributed by atoms with van der Waals surface area (Å²) in [6.07, 6.45) is 3.62. The molecule has 9 heavy (non-hydrogen) atoms. The van der Waals surface area contributed by atoms with Crippen molar-refractivity contribution in [2.75, 3.05) is 6.16 Å². The molecule has 0 saturated carbocycles.